The first kappa shape index (κ1) is 17.8. The highest BCUT2D eigenvalue weighted by Gasteiger charge is 2.24. The van der Waals surface area contributed by atoms with Gasteiger partial charge in [-0.25, -0.2) is 0 Å². The van der Waals surface area contributed by atoms with E-state index in [0.29, 0.717) is 13.0 Å². The smallest absolute Gasteiger partial charge is 0.226 e. The van der Waals surface area contributed by atoms with Crippen LogP contribution in [-0.2, 0) is 16.0 Å². The minimum Gasteiger partial charge on any atom is -0.356 e. The number of benzene rings is 1. The highest BCUT2D eigenvalue weighted by molar-refractivity contribution is 6.30. The summed E-state index contributed by atoms with van der Waals surface area (Å²) in [7, 11) is 0. The summed E-state index contributed by atoms with van der Waals surface area (Å²) in [5, 5.41) is 3.52. The summed E-state index contributed by atoms with van der Waals surface area (Å²) in [6.45, 7) is 5.02. The highest BCUT2D eigenvalue weighted by atomic mass is 35.5. The molecule has 0 saturated carbocycles. The van der Waals surface area contributed by atoms with E-state index in [0.717, 1.165) is 54.9 Å². The Hall–Kier alpha value is -1.55. The zero-order valence-corrected chi connectivity index (χ0v) is 14.7. The molecule has 23 heavy (non-hydrogen) atoms. The molecule has 0 unspecified atom stereocenters. The molecule has 0 aromatic heterocycles. The van der Waals surface area contributed by atoms with Crippen LogP contribution < -0.4 is 10.2 Å². The van der Waals surface area contributed by atoms with E-state index in [4.69, 9.17) is 11.6 Å². The Morgan fingerprint density at radius 1 is 1.26 bits per heavy atom. The van der Waals surface area contributed by atoms with E-state index in [1.807, 2.05) is 24.0 Å². The number of aryl methyl sites for hydroxylation is 2. The maximum absolute atomic E-state index is 12.6. The molecule has 0 fully saturated rings. The second-order valence-corrected chi connectivity index (χ2v) is 6.61. The lowest BCUT2D eigenvalue weighted by atomic mass is 9.97. The van der Waals surface area contributed by atoms with Gasteiger partial charge in [-0.2, -0.15) is 0 Å². The van der Waals surface area contributed by atoms with Gasteiger partial charge in [0, 0.05) is 37.1 Å². The Morgan fingerprint density at radius 2 is 2.04 bits per heavy atom. The summed E-state index contributed by atoms with van der Waals surface area (Å²) in [6, 6.07) is 3.91. The predicted octanol–water partition coefficient (Wildman–Crippen LogP) is 3.62. The fourth-order valence-electron chi connectivity index (χ4n) is 3.15. The molecule has 1 heterocycles. The number of unbranched alkanes of at least 4 members (excludes halogenated alkanes) is 2. The van der Waals surface area contributed by atoms with Crippen LogP contribution in [0.1, 0.15) is 50.2 Å². The normalized spacial score (nSPS) is 13.6. The quantitative estimate of drug-likeness (QED) is 0.806. The monoisotopic (exact) mass is 336 g/mol. The Balaban J connectivity index is 1.88. The number of halogens is 1. The number of hydrogen-bond donors (Lipinski definition) is 1. The zero-order valence-electron chi connectivity index (χ0n) is 14.0. The summed E-state index contributed by atoms with van der Waals surface area (Å²) in [5.74, 6) is 0.191. The summed E-state index contributed by atoms with van der Waals surface area (Å²) in [5.41, 5.74) is 3.32. The van der Waals surface area contributed by atoms with Gasteiger partial charge in [0.2, 0.25) is 11.8 Å². The fourth-order valence-corrected chi connectivity index (χ4v) is 3.44. The fraction of sp³-hybridized carbons (Fsp3) is 0.556. The SMILES string of the molecule is CC(=O)NCCCCCC(=O)N1CCCc2cc(Cl)cc(C)c21. The van der Waals surface area contributed by atoms with Crippen molar-refractivity contribution in [3.8, 4) is 0 Å². The number of anilines is 1. The molecule has 1 aliphatic rings. The van der Waals surface area contributed by atoms with Gasteiger partial charge in [0.15, 0.2) is 0 Å². The molecule has 0 saturated heterocycles. The first-order chi connectivity index (χ1) is 11.0. The lowest BCUT2D eigenvalue weighted by Gasteiger charge is -2.31. The molecule has 0 spiro atoms. The molecule has 0 bridgehead atoms. The average molecular weight is 337 g/mol. The Kier molecular flexibility index (Phi) is 6.46. The van der Waals surface area contributed by atoms with Crippen molar-refractivity contribution in [2.24, 2.45) is 0 Å². The number of hydrogen-bond acceptors (Lipinski definition) is 2. The number of rotatable bonds is 6. The number of nitrogens with zero attached hydrogens (tertiary/aromatic N) is 1. The van der Waals surface area contributed by atoms with E-state index in [-0.39, 0.29) is 11.8 Å². The van der Waals surface area contributed by atoms with E-state index >= 15 is 0 Å². The second kappa shape index (κ2) is 8.34. The van der Waals surface area contributed by atoms with Crippen molar-refractivity contribution < 1.29 is 9.59 Å². The van der Waals surface area contributed by atoms with Gasteiger partial charge in [-0.05, 0) is 55.9 Å². The van der Waals surface area contributed by atoms with Crippen LogP contribution in [0.2, 0.25) is 5.02 Å². The van der Waals surface area contributed by atoms with E-state index in [1.54, 1.807) is 0 Å². The van der Waals surface area contributed by atoms with Gasteiger partial charge in [0.25, 0.3) is 0 Å². The van der Waals surface area contributed by atoms with Gasteiger partial charge < -0.3 is 10.2 Å². The zero-order chi connectivity index (χ0) is 16.8. The number of amides is 2. The molecular formula is C18H25ClN2O2. The standard InChI is InChI=1S/C18H25ClN2O2/c1-13-11-16(19)12-15-7-6-10-21(18(13)15)17(23)8-4-3-5-9-20-14(2)22/h11-12H,3-10H2,1-2H3,(H,20,22). The summed E-state index contributed by atoms with van der Waals surface area (Å²) >= 11 is 6.13. The molecule has 0 aliphatic carbocycles. The lowest BCUT2D eigenvalue weighted by molar-refractivity contribution is -0.119. The van der Waals surface area contributed by atoms with Gasteiger partial charge in [0.1, 0.15) is 0 Å². The Labute approximate surface area is 143 Å². The molecule has 0 radical (unpaired) electrons. The van der Waals surface area contributed by atoms with Gasteiger partial charge in [-0.15, -0.1) is 0 Å². The molecule has 2 amide bonds. The molecule has 1 N–H and O–H groups in total. The van der Waals surface area contributed by atoms with Crippen molar-refractivity contribution in [2.75, 3.05) is 18.0 Å². The third-order valence-electron chi connectivity index (χ3n) is 4.18. The molecular weight excluding hydrogens is 312 g/mol. The molecule has 126 valence electrons. The van der Waals surface area contributed by atoms with E-state index in [9.17, 15) is 9.59 Å². The summed E-state index contributed by atoms with van der Waals surface area (Å²) < 4.78 is 0. The maximum Gasteiger partial charge on any atom is 0.226 e. The molecule has 1 aromatic carbocycles. The summed E-state index contributed by atoms with van der Waals surface area (Å²) in [4.78, 5) is 25.3. The van der Waals surface area contributed by atoms with Gasteiger partial charge in [-0.1, -0.05) is 18.0 Å². The van der Waals surface area contributed by atoms with Gasteiger partial charge in [-0.3, -0.25) is 9.59 Å². The van der Waals surface area contributed by atoms with E-state index in [2.05, 4.69) is 5.32 Å². The number of nitrogens with one attached hydrogen (secondary N) is 1. The van der Waals surface area contributed by atoms with Crippen LogP contribution in [0.4, 0.5) is 5.69 Å². The molecule has 2 rings (SSSR count). The van der Waals surface area contributed by atoms with E-state index in [1.165, 1.54) is 12.5 Å². The van der Waals surface area contributed by atoms with Crippen LogP contribution in [0.3, 0.4) is 0 Å². The van der Waals surface area contributed by atoms with Crippen molar-refractivity contribution in [3.63, 3.8) is 0 Å². The average Bonchev–Trinajstić information content (AvgIpc) is 2.49. The summed E-state index contributed by atoms with van der Waals surface area (Å²) in [6.07, 6.45) is 5.25. The minimum absolute atomic E-state index is 0.000126. The Bertz CT molecular complexity index is 587. The van der Waals surface area contributed by atoms with Crippen LogP contribution in [-0.4, -0.2) is 24.9 Å². The van der Waals surface area contributed by atoms with Crippen molar-refractivity contribution >= 4 is 29.1 Å². The molecule has 1 aromatic rings. The third-order valence-corrected chi connectivity index (χ3v) is 4.40. The van der Waals surface area contributed by atoms with Crippen molar-refractivity contribution in [1.29, 1.82) is 0 Å². The number of carbonyl (C=O) groups excluding carboxylic acids is 2. The van der Waals surface area contributed by atoms with Gasteiger partial charge >= 0.3 is 0 Å². The maximum atomic E-state index is 12.6. The highest BCUT2D eigenvalue weighted by Crippen LogP contribution is 2.33. The molecule has 4 nitrogen and oxygen atoms in total. The van der Waals surface area contributed by atoms with Crippen LogP contribution in [0.5, 0.6) is 0 Å². The van der Waals surface area contributed by atoms with E-state index < -0.39 is 0 Å². The first-order valence-electron chi connectivity index (χ1n) is 8.33. The van der Waals surface area contributed by atoms with Crippen molar-refractivity contribution in [1.82, 2.24) is 5.32 Å². The minimum atomic E-state index is 0.000126. The second-order valence-electron chi connectivity index (χ2n) is 6.17. The molecule has 0 atom stereocenters. The third kappa shape index (κ3) is 4.96. The molecule has 1 aliphatic heterocycles. The van der Waals surface area contributed by atoms with Crippen molar-refractivity contribution in [2.45, 2.75) is 52.4 Å². The predicted molar refractivity (Wildman–Crippen MR) is 94.0 cm³/mol. The van der Waals surface area contributed by atoms with Crippen molar-refractivity contribution in [3.05, 3.63) is 28.3 Å². The number of carbonyl (C=O) groups is 2. The Morgan fingerprint density at radius 3 is 2.78 bits per heavy atom. The number of fused-ring (bicyclic) bond motifs is 1. The van der Waals surface area contributed by atoms with Gasteiger partial charge in [0.05, 0.1) is 0 Å². The van der Waals surface area contributed by atoms with Crippen LogP contribution in [0, 0.1) is 6.92 Å². The molecule has 5 heteroatoms. The van der Waals surface area contributed by atoms with Crippen LogP contribution in [0.25, 0.3) is 0 Å². The largest absolute Gasteiger partial charge is 0.356 e. The first-order valence-corrected chi connectivity index (χ1v) is 8.70. The van der Waals surface area contributed by atoms with Crippen LogP contribution in [0.15, 0.2) is 12.1 Å². The topological polar surface area (TPSA) is 49.4 Å². The van der Waals surface area contributed by atoms with Crippen LogP contribution >= 0.6 is 11.6 Å². The lowest BCUT2D eigenvalue weighted by Crippen LogP contribution is -2.36.